The van der Waals surface area contributed by atoms with E-state index >= 15 is 0 Å². The van der Waals surface area contributed by atoms with Gasteiger partial charge in [0.15, 0.2) is 0 Å². The van der Waals surface area contributed by atoms with Crippen LogP contribution in [-0.4, -0.2) is 247 Å². The first-order valence-corrected chi connectivity index (χ1v) is 31.7. The maximum Gasteiger partial charge on any atom is 0.102 e. The Morgan fingerprint density at radius 1 is 0.562 bits per heavy atom. The van der Waals surface area contributed by atoms with E-state index in [1.165, 1.54) is 103 Å². The molecule has 1 aromatic heterocycles. The molecule has 4 aliphatic rings. The van der Waals surface area contributed by atoms with Crippen LogP contribution in [0.5, 0.6) is 0 Å². The fraction of sp³-hybridized carbons (Fsp3) is 0.921. The summed E-state index contributed by atoms with van der Waals surface area (Å²) in [6.45, 7) is 68.0. The first-order valence-electron chi connectivity index (χ1n) is 31.7. The van der Waals surface area contributed by atoms with E-state index < -0.39 is 0 Å². The van der Waals surface area contributed by atoms with Crippen molar-refractivity contribution < 1.29 is 9.13 Å². The molecule has 0 bridgehead atoms. The summed E-state index contributed by atoms with van der Waals surface area (Å²) in [6.07, 6.45) is 12.5. The van der Waals surface area contributed by atoms with E-state index in [2.05, 4.69) is 189 Å². The third-order valence-electron chi connectivity index (χ3n) is 11.7. The van der Waals surface area contributed by atoms with Crippen molar-refractivity contribution in [2.24, 2.45) is 5.73 Å². The lowest BCUT2D eigenvalue weighted by Crippen LogP contribution is -2.42. The minimum atomic E-state index is -0.266. The minimum absolute atomic E-state index is 0.266. The molecular weight excluding hydrogens is 1000 g/mol. The summed E-state index contributed by atoms with van der Waals surface area (Å²) in [5.74, 6) is 0. The number of nitrogens with two attached hydrogens (primary N) is 1. The average Bonchev–Trinajstić information content (AvgIpc) is 3.71. The van der Waals surface area contributed by atoms with Crippen LogP contribution in [0, 0.1) is 0 Å². The molecule has 16 nitrogen and oxygen atoms in total. The number of H-pyrrole nitrogens is 1. The van der Waals surface area contributed by atoms with E-state index in [0.717, 1.165) is 58.3 Å². The van der Waals surface area contributed by atoms with Gasteiger partial charge in [-0.25, -0.2) is 9.37 Å². The number of rotatable bonds is 28. The number of aromatic amines is 1. The molecule has 1 aromatic rings. The Morgan fingerprint density at radius 3 is 1.14 bits per heavy atom. The van der Waals surface area contributed by atoms with E-state index in [1.807, 2.05) is 53.8 Å². The van der Waals surface area contributed by atoms with Crippen molar-refractivity contribution in [3.8, 4) is 0 Å². The van der Waals surface area contributed by atoms with Gasteiger partial charge in [-0.15, -0.1) is 6.58 Å². The van der Waals surface area contributed by atoms with Crippen LogP contribution in [0.2, 0.25) is 0 Å². The van der Waals surface area contributed by atoms with Gasteiger partial charge in [-0.05, 0) is 113 Å². The number of ether oxygens (including phenoxy) is 1. The van der Waals surface area contributed by atoms with Crippen LogP contribution in [-0.2, 0) is 11.2 Å². The molecule has 0 amide bonds. The quantitative estimate of drug-likeness (QED) is 0.0292. The van der Waals surface area contributed by atoms with Crippen LogP contribution in [0.3, 0.4) is 0 Å². The van der Waals surface area contributed by atoms with Crippen molar-refractivity contribution in [2.45, 2.75) is 231 Å². The zero-order valence-corrected chi connectivity index (χ0v) is 57.4. The molecule has 5 rings (SSSR count). The summed E-state index contributed by atoms with van der Waals surface area (Å²) in [5, 5.41) is 23.0. The van der Waals surface area contributed by atoms with Crippen molar-refractivity contribution in [1.29, 1.82) is 0 Å². The number of nitrogens with one attached hydrogen (secondary N) is 8. The van der Waals surface area contributed by atoms with Crippen molar-refractivity contribution in [3.05, 3.63) is 30.9 Å². The zero-order valence-electron chi connectivity index (χ0n) is 57.4. The van der Waals surface area contributed by atoms with E-state index in [4.69, 9.17) is 10.5 Å². The van der Waals surface area contributed by atoms with E-state index in [1.54, 1.807) is 13.4 Å². The molecule has 10 N–H and O–H groups in total. The first kappa shape index (κ1) is 87.1. The van der Waals surface area contributed by atoms with Crippen LogP contribution >= 0.6 is 0 Å². The van der Waals surface area contributed by atoms with E-state index in [-0.39, 0.29) is 6.67 Å². The summed E-state index contributed by atoms with van der Waals surface area (Å²) in [5.41, 5.74) is 6.30. The maximum atomic E-state index is 11.3. The Morgan fingerprint density at radius 2 is 0.912 bits per heavy atom. The molecule has 0 radical (unpaired) electrons. The fourth-order valence-electron chi connectivity index (χ4n) is 6.45. The Kier molecular flexibility index (Phi) is 69.0. The summed E-state index contributed by atoms with van der Waals surface area (Å²) in [6, 6.07) is 5.22. The molecule has 5 heterocycles. The van der Waals surface area contributed by atoms with Gasteiger partial charge in [0.05, 0.1) is 12.4 Å². The molecule has 484 valence electrons. The number of hydrogen-bond donors (Lipinski definition) is 9. The molecule has 0 aliphatic carbocycles. The molecule has 0 spiro atoms. The molecule has 0 aromatic carbocycles. The lowest BCUT2D eigenvalue weighted by Gasteiger charge is -2.34. The summed E-state index contributed by atoms with van der Waals surface area (Å²) in [7, 11) is 5.87. The van der Waals surface area contributed by atoms with Crippen LogP contribution in [0.25, 0.3) is 0 Å². The van der Waals surface area contributed by atoms with Crippen LogP contribution in [0.4, 0.5) is 4.39 Å². The fourth-order valence-corrected chi connectivity index (χ4v) is 6.45. The van der Waals surface area contributed by atoms with Crippen LogP contribution in [0.15, 0.2) is 25.2 Å². The topological polar surface area (TPSA) is 164 Å². The van der Waals surface area contributed by atoms with Crippen LogP contribution < -0.4 is 43.0 Å². The summed E-state index contributed by atoms with van der Waals surface area (Å²) < 4.78 is 16.0. The van der Waals surface area contributed by atoms with Crippen molar-refractivity contribution in [3.63, 3.8) is 0 Å². The molecule has 17 heteroatoms. The SMILES string of the molecule is C=CCNC(C)C.CC(C)N.CC(C)N1CCC1.CC(C)NCCF.CC(C)NCCN(C)C.CC(C)NCCN1CC1.CC(C)NCCN1CCC1.CC(C)NCCN1CCCC1.CC(C)NCCc1cnc[nH]1.COC(C)C. The highest BCUT2D eigenvalue weighted by molar-refractivity contribution is 4.94. The summed E-state index contributed by atoms with van der Waals surface area (Å²) in [4.78, 5) is 19.1. The number of hydrogen-bond acceptors (Lipinski definition) is 15. The number of methoxy groups -OCH3 is 1. The Balaban J connectivity index is -0.000000264. The monoisotopic (exact) mass is 1150 g/mol. The third-order valence-corrected chi connectivity index (χ3v) is 11.7. The van der Waals surface area contributed by atoms with Gasteiger partial charge in [0.25, 0.3) is 0 Å². The molecule has 4 aliphatic heterocycles. The second kappa shape index (κ2) is 63.3. The van der Waals surface area contributed by atoms with Gasteiger partial charge >= 0.3 is 0 Å². The lowest BCUT2D eigenvalue weighted by atomic mass is 10.2. The van der Waals surface area contributed by atoms with E-state index in [0.29, 0.717) is 61.0 Å². The minimum Gasteiger partial charge on any atom is -0.382 e. The number of imidazole rings is 1. The first-order chi connectivity index (χ1) is 37.6. The molecular formula is C63H144FN15O. The smallest absolute Gasteiger partial charge is 0.102 e. The average molecular weight is 1150 g/mol. The third kappa shape index (κ3) is 85.1. The normalized spacial score (nSPS) is 14.8. The highest BCUT2D eigenvalue weighted by atomic mass is 19.1. The second-order valence-electron chi connectivity index (χ2n) is 24.4. The Bertz CT molecular complexity index is 1260. The second-order valence-corrected chi connectivity index (χ2v) is 24.4. The number of halogens is 1. The molecule has 0 atom stereocenters. The standard InChI is InChI=1S/C9H20N2.C8H15N3.C8H18N2.C7H16N2.C7H18N2.2C6H13N.C5H12FN.C4H10O.C3H9N/c1-9(2)10-5-8-11-6-3-4-7-11;1-7(2)10-4-3-8-5-9-6-11-8;1-8(2)9-4-7-10-5-3-6-10;1-7(2)8-3-4-9-5-6-9;1-7(2)8-5-6-9(3)4;1-6(2)7-4-3-5-7;1-4-5-7-6(2)3;1-5(2)7-4-3-6;1-4(2)5-3;1-3(2)4/h9-10H,3-8H2,1-2H3;5-7,10H,3-4H2,1-2H3,(H,9,11);8-9H,3-7H2,1-2H3;7-8H,3-6H2,1-2H3;7-8H,5-6H2,1-4H3;6H,3-5H2,1-2H3;4,6-7H,1,5H2,2-3H3;5,7H,3-4H2,1-2H3;4H,1-3H3;3H,4H2,1-2H3. The lowest BCUT2D eigenvalue weighted by molar-refractivity contribution is 0.134. The number of nitrogens with zero attached hydrogens (tertiary/aromatic N) is 6. The Labute approximate surface area is 498 Å². The number of aromatic nitrogens is 2. The molecule has 80 heavy (non-hydrogen) atoms. The maximum absolute atomic E-state index is 11.3. The molecule has 0 saturated carbocycles. The summed E-state index contributed by atoms with van der Waals surface area (Å²) >= 11 is 0. The van der Waals surface area contributed by atoms with Crippen molar-refractivity contribution in [1.82, 2.24) is 71.7 Å². The predicted molar refractivity (Wildman–Crippen MR) is 355 cm³/mol. The number of likely N-dealkylation sites (N-methyl/N-ethyl adjacent to an activating group) is 1. The highest BCUT2D eigenvalue weighted by Crippen LogP contribution is 2.09. The van der Waals surface area contributed by atoms with Crippen molar-refractivity contribution >= 4 is 0 Å². The van der Waals surface area contributed by atoms with Gasteiger partial charge in [-0.1, -0.05) is 117 Å². The molecule has 4 fully saturated rings. The van der Waals surface area contributed by atoms with Gasteiger partial charge in [0, 0.05) is 159 Å². The van der Waals surface area contributed by atoms with Gasteiger partial charge in [-0.2, -0.15) is 0 Å². The largest absolute Gasteiger partial charge is 0.382 e. The number of alkyl halides is 1. The number of likely N-dealkylation sites (tertiary alicyclic amines) is 3. The van der Waals surface area contributed by atoms with Gasteiger partial charge in [-0.3, -0.25) is 4.90 Å². The van der Waals surface area contributed by atoms with E-state index in [9.17, 15) is 4.39 Å². The van der Waals surface area contributed by atoms with Gasteiger partial charge in [0.2, 0.25) is 0 Å². The van der Waals surface area contributed by atoms with Crippen molar-refractivity contribution in [2.75, 3.05) is 152 Å². The highest BCUT2D eigenvalue weighted by Gasteiger charge is 2.16. The molecule has 0 unspecified atom stereocenters. The zero-order chi connectivity index (χ0) is 62.1. The predicted octanol–water partition coefficient (Wildman–Crippen LogP) is 8.19. The Hall–Kier alpha value is -1.68. The van der Waals surface area contributed by atoms with Gasteiger partial charge in [0.1, 0.15) is 6.67 Å². The van der Waals surface area contributed by atoms with Gasteiger partial charge < -0.3 is 72.3 Å². The molecule has 4 saturated heterocycles. The van der Waals surface area contributed by atoms with Crippen LogP contribution in [0.1, 0.15) is 170 Å².